The number of aromatic nitrogens is 2. The van der Waals surface area contributed by atoms with E-state index in [1.165, 1.54) is 5.56 Å². The van der Waals surface area contributed by atoms with Crippen LogP contribution in [-0.2, 0) is 16.0 Å². The lowest BCUT2D eigenvalue weighted by molar-refractivity contribution is -0.118. The number of aryl methyl sites for hydroxylation is 1. The third kappa shape index (κ3) is 5.48. The number of amides is 2. The topological polar surface area (TPSA) is 81.3 Å². The summed E-state index contributed by atoms with van der Waals surface area (Å²) in [6.07, 6.45) is 6.27. The Kier molecular flexibility index (Phi) is 8.26. The van der Waals surface area contributed by atoms with Gasteiger partial charge in [0.2, 0.25) is 6.41 Å². The second kappa shape index (κ2) is 10.9. The maximum Gasteiger partial charge on any atom is 0.257 e. The van der Waals surface area contributed by atoms with E-state index < -0.39 is 0 Å². The number of nitrogens with one attached hydrogen (secondary N) is 2. The molecule has 0 saturated heterocycles. The predicted octanol–water partition coefficient (Wildman–Crippen LogP) is 4.01. The standard InChI is InChI=1S/C24H32BrN5O2/c1-5-29(6-2)10-11-30(15-31)9-7-8-21-16(3)17(4)22(27-21)13-20-19-12-18(25)14-26-23(19)28-24(20)32/h12-15,27H,5-11H2,1-4H3,(H,26,28,32)/b20-13-. The van der Waals surface area contributed by atoms with E-state index in [-0.39, 0.29) is 5.91 Å². The van der Waals surface area contributed by atoms with Crippen LogP contribution < -0.4 is 5.32 Å². The van der Waals surface area contributed by atoms with Gasteiger partial charge in [-0.05, 0) is 79.0 Å². The van der Waals surface area contributed by atoms with Gasteiger partial charge in [-0.3, -0.25) is 9.59 Å². The average molecular weight is 502 g/mol. The Bertz CT molecular complexity index is 1010. The summed E-state index contributed by atoms with van der Waals surface area (Å²) in [6.45, 7) is 12.8. The molecule has 2 aromatic heterocycles. The lowest BCUT2D eigenvalue weighted by Crippen LogP contribution is -2.35. The average Bonchev–Trinajstić information content (AvgIpc) is 3.23. The highest BCUT2D eigenvalue weighted by atomic mass is 79.9. The van der Waals surface area contributed by atoms with Gasteiger partial charge in [0.05, 0.1) is 5.57 Å². The van der Waals surface area contributed by atoms with Crippen molar-refractivity contribution in [1.29, 1.82) is 0 Å². The lowest BCUT2D eigenvalue weighted by atomic mass is 10.1. The Labute approximate surface area is 198 Å². The molecule has 3 heterocycles. The van der Waals surface area contributed by atoms with Crippen LogP contribution in [0.1, 0.15) is 48.3 Å². The van der Waals surface area contributed by atoms with Crippen molar-refractivity contribution >= 4 is 45.7 Å². The minimum Gasteiger partial charge on any atom is -0.358 e. The Morgan fingerprint density at radius 2 is 1.88 bits per heavy atom. The van der Waals surface area contributed by atoms with Gasteiger partial charge in [0.15, 0.2) is 0 Å². The van der Waals surface area contributed by atoms with Crippen molar-refractivity contribution in [3.63, 3.8) is 0 Å². The molecule has 2 aromatic rings. The van der Waals surface area contributed by atoms with E-state index in [0.717, 1.165) is 79.0 Å². The third-order valence-corrected chi connectivity index (χ3v) is 6.67. The molecule has 1 aliphatic rings. The Balaban J connectivity index is 1.68. The molecule has 172 valence electrons. The van der Waals surface area contributed by atoms with Crippen LogP contribution in [0.3, 0.4) is 0 Å². The maximum atomic E-state index is 12.5. The fourth-order valence-corrected chi connectivity index (χ4v) is 4.32. The second-order valence-corrected chi connectivity index (χ2v) is 9.02. The van der Waals surface area contributed by atoms with Crippen LogP contribution in [0.4, 0.5) is 5.82 Å². The first kappa shape index (κ1) is 24.2. The quantitative estimate of drug-likeness (QED) is 0.360. The zero-order valence-electron chi connectivity index (χ0n) is 19.3. The smallest absolute Gasteiger partial charge is 0.257 e. The highest BCUT2D eigenvalue weighted by Gasteiger charge is 2.26. The number of hydrogen-bond acceptors (Lipinski definition) is 4. The summed E-state index contributed by atoms with van der Waals surface area (Å²) >= 11 is 3.43. The van der Waals surface area contributed by atoms with Gasteiger partial charge in [-0.1, -0.05) is 13.8 Å². The lowest BCUT2D eigenvalue weighted by Gasteiger charge is -2.23. The molecule has 2 amide bonds. The molecule has 1 aliphatic heterocycles. The molecule has 0 atom stereocenters. The first-order valence-corrected chi connectivity index (χ1v) is 12.0. The van der Waals surface area contributed by atoms with Crippen LogP contribution in [0.25, 0.3) is 11.6 Å². The van der Waals surface area contributed by atoms with E-state index >= 15 is 0 Å². The first-order valence-electron chi connectivity index (χ1n) is 11.2. The van der Waals surface area contributed by atoms with E-state index in [2.05, 4.69) is 63.8 Å². The van der Waals surface area contributed by atoms with Gasteiger partial charge in [-0.2, -0.15) is 0 Å². The fraction of sp³-hybridized carbons (Fsp3) is 0.458. The summed E-state index contributed by atoms with van der Waals surface area (Å²) in [7, 11) is 0. The van der Waals surface area contributed by atoms with Gasteiger partial charge in [-0.15, -0.1) is 0 Å². The Morgan fingerprint density at radius 1 is 1.12 bits per heavy atom. The summed E-state index contributed by atoms with van der Waals surface area (Å²) < 4.78 is 0.833. The summed E-state index contributed by atoms with van der Waals surface area (Å²) in [5.74, 6) is 0.443. The van der Waals surface area contributed by atoms with Crippen molar-refractivity contribution in [3.05, 3.63) is 44.8 Å². The number of carbonyl (C=O) groups excluding carboxylic acids is 2. The molecule has 0 saturated carbocycles. The molecule has 0 radical (unpaired) electrons. The number of pyridine rings is 1. The largest absolute Gasteiger partial charge is 0.358 e. The number of H-pyrrole nitrogens is 1. The van der Waals surface area contributed by atoms with Crippen molar-refractivity contribution in [2.45, 2.75) is 40.5 Å². The molecule has 0 bridgehead atoms. The van der Waals surface area contributed by atoms with Gasteiger partial charge in [-0.25, -0.2) is 4.98 Å². The molecule has 2 N–H and O–H groups in total. The summed E-state index contributed by atoms with van der Waals surface area (Å²) in [4.78, 5) is 35.9. The van der Waals surface area contributed by atoms with Crippen LogP contribution in [0, 0.1) is 13.8 Å². The molecule has 0 fully saturated rings. The van der Waals surface area contributed by atoms with Crippen LogP contribution in [0.2, 0.25) is 0 Å². The minimum atomic E-state index is -0.145. The second-order valence-electron chi connectivity index (χ2n) is 8.10. The number of fused-ring (bicyclic) bond motifs is 1. The van der Waals surface area contributed by atoms with E-state index in [4.69, 9.17) is 0 Å². The number of nitrogens with zero attached hydrogens (tertiary/aromatic N) is 3. The maximum absolute atomic E-state index is 12.5. The van der Waals surface area contributed by atoms with Crippen molar-refractivity contribution in [3.8, 4) is 0 Å². The first-order chi connectivity index (χ1) is 15.4. The summed E-state index contributed by atoms with van der Waals surface area (Å²) in [6, 6.07) is 1.91. The fourth-order valence-electron chi connectivity index (χ4n) is 3.99. The van der Waals surface area contributed by atoms with E-state index in [0.29, 0.717) is 11.4 Å². The molecule has 0 aliphatic carbocycles. The highest BCUT2D eigenvalue weighted by molar-refractivity contribution is 9.10. The molecule has 32 heavy (non-hydrogen) atoms. The van der Waals surface area contributed by atoms with Gasteiger partial charge in [0, 0.05) is 47.3 Å². The summed E-state index contributed by atoms with van der Waals surface area (Å²) in [5, 5.41) is 2.82. The zero-order valence-corrected chi connectivity index (χ0v) is 20.9. The number of carbonyl (C=O) groups is 2. The number of likely N-dealkylation sites (N-methyl/N-ethyl adjacent to an activating group) is 1. The number of rotatable bonds is 11. The van der Waals surface area contributed by atoms with Gasteiger partial charge < -0.3 is 20.1 Å². The third-order valence-electron chi connectivity index (χ3n) is 6.23. The van der Waals surface area contributed by atoms with Crippen molar-refractivity contribution in [1.82, 2.24) is 19.8 Å². The number of aromatic amines is 1. The number of hydrogen-bond donors (Lipinski definition) is 2. The molecule has 0 unspecified atom stereocenters. The SMILES string of the molecule is CCN(CC)CCN(C=O)CCCc1[nH]c(/C=C2\C(=O)Nc3ncc(Br)cc32)c(C)c1C. The van der Waals surface area contributed by atoms with Crippen molar-refractivity contribution in [2.75, 3.05) is 38.0 Å². The molecule has 3 rings (SSSR count). The predicted molar refractivity (Wildman–Crippen MR) is 132 cm³/mol. The van der Waals surface area contributed by atoms with E-state index in [1.807, 2.05) is 17.0 Å². The minimum absolute atomic E-state index is 0.145. The normalized spacial score (nSPS) is 14.2. The molecular weight excluding hydrogens is 470 g/mol. The van der Waals surface area contributed by atoms with Crippen molar-refractivity contribution < 1.29 is 9.59 Å². The Morgan fingerprint density at radius 3 is 2.56 bits per heavy atom. The van der Waals surface area contributed by atoms with E-state index in [1.54, 1.807) is 6.20 Å². The van der Waals surface area contributed by atoms with Gasteiger partial charge in [0.1, 0.15) is 5.82 Å². The van der Waals surface area contributed by atoms with Crippen LogP contribution in [-0.4, -0.2) is 64.8 Å². The molecule has 0 spiro atoms. The van der Waals surface area contributed by atoms with Gasteiger partial charge >= 0.3 is 0 Å². The van der Waals surface area contributed by atoms with Crippen molar-refractivity contribution in [2.24, 2.45) is 0 Å². The zero-order chi connectivity index (χ0) is 23.3. The molecular formula is C24H32BrN5O2. The highest BCUT2D eigenvalue weighted by Crippen LogP contribution is 2.34. The van der Waals surface area contributed by atoms with Crippen LogP contribution >= 0.6 is 15.9 Å². The monoisotopic (exact) mass is 501 g/mol. The molecule has 8 heteroatoms. The van der Waals surface area contributed by atoms with E-state index in [9.17, 15) is 9.59 Å². The number of anilines is 1. The molecule has 7 nitrogen and oxygen atoms in total. The van der Waals surface area contributed by atoms with Crippen LogP contribution in [0.5, 0.6) is 0 Å². The Hall–Kier alpha value is -2.45. The van der Waals surface area contributed by atoms with Gasteiger partial charge in [0.25, 0.3) is 5.91 Å². The number of halogens is 1. The molecule has 0 aromatic carbocycles. The summed E-state index contributed by atoms with van der Waals surface area (Å²) in [5.41, 5.74) is 5.81. The van der Waals surface area contributed by atoms with Crippen LogP contribution in [0.15, 0.2) is 16.7 Å².